The van der Waals surface area contributed by atoms with E-state index in [-0.39, 0.29) is 11.0 Å². The van der Waals surface area contributed by atoms with Crippen LogP contribution in [0.2, 0.25) is 5.02 Å². The summed E-state index contributed by atoms with van der Waals surface area (Å²) in [5.74, 6) is -0.497. The molecule has 32 heavy (non-hydrogen) atoms. The predicted molar refractivity (Wildman–Crippen MR) is 128 cm³/mol. The minimum absolute atomic E-state index is 0.0789. The molecule has 0 aliphatic rings. The zero-order valence-corrected chi connectivity index (χ0v) is 18.6. The van der Waals surface area contributed by atoms with Crippen molar-refractivity contribution in [2.24, 2.45) is 0 Å². The number of rotatable bonds is 5. The van der Waals surface area contributed by atoms with E-state index in [2.05, 4.69) is 10.3 Å². The molecule has 0 unspecified atom stereocenters. The fourth-order valence-corrected chi connectivity index (χ4v) is 3.88. The van der Waals surface area contributed by atoms with Gasteiger partial charge >= 0.3 is 0 Å². The topological polar surface area (TPSA) is 64.0 Å². The second-order valence-electron chi connectivity index (χ2n) is 7.62. The average molecular weight is 444 g/mol. The van der Waals surface area contributed by atoms with Gasteiger partial charge in [-0.1, -0.05) is 47.5 Å². The third-order valence-corrected chi connectivity index (χ3v) is 5.58. The zero-order valence-electron chi connectivity index (χ0n) is 17.8. The molecule has 0 saturated carbocycles. The molecular weight excluding hydrogens is 422 g/mol. The van der Waals surface area contributed by atoms with Crippen LogP contribution in [0.1, 0.15) is 27.2 Å². The third kappa shape index (κ3) is 4.48. The fourth-order valence-electron chi connectivity index (χ4n) is 3.70. The maximum Gasteiger partial charge on any atom is 0.261 e. The molecule has 1 N–H and O–H groups in total. The standard InChI is InChI=1S/C26H22ClN3O2/c1-17-6-5-7-20(14-17)25-24(26(32)29-22-9-4-3-8-21(22)27)23(31)15-18(2)30(25)16-19-10-12-28-13-11-19/h3-15H,16H2,1-2H3,(H,29,32). The molecular formula is C26H22ClN3O2. The predicted octanol–water partition coefficient (Wildman–Crippen LogP) is 5.48. The van der Waals surface area contributed by atoms with Gasteiger partial charge in [-0.3, -0.25) is 14.6 Å². The summed E-state index contributed by atoms with van der Waals surface area (Å²) >= 11 is 6.23. The highest BCUT2D eigenvalue weighted by atomic mass is 35.5. The summed E-state index contributed by atoms with van der Waals surface area (Å²) in [6.45, 7) is 4.34. The zero-order chi connectivity index (χ0) is 22.7. The molecule has 0 saturated heterocycles. The number of hydrogen-bond donors (Lipinski definition) is 1. The van der Waals surface area contributed by atoms with Crippen molar-refractivity contribution in [1.29, 1.82) is 0 Å². The third-order valence-electron chi connectivity index (χ3n) is 5.25. The molecule has 0 spiro atoms. The lowest BCUT2D eigenvalue weighted by Crippen LogP contribution is -2.27. The van der Waals surface area contributed by atoms with Crippen molar-refractivity contribution in [1.82, 2.24) is 9.55 Å². The Hall–Kier alpha value is -3.70. The molecule has 2 aromatic carbocycles. The van der Waals surface area contributed by atoms with Gasteiger partial charge in [-0.25, -0.2) is 0 Å². The van der Waals surface area contributed by atoms with Crippen molar-refractivity contribution in [3.05, 3.63) is 117 Å². The van der Waals surface area contributed by atoms with Gasteiger partial charge in [0, 0.05) is 30.7 Å². The summed E-state index contributed by atoms with van der Waals surface area (Å²) in [6.07, 6.45) is 3.45. The van der Waals surface area contributed by atoms with Crippen LogP contribution < -0.4 is 10.7 Å². The molecule has 2 aromatic heterocycles. The number of aryl methyl sites for hydroxylation is 2. The van der Waals surface area contributed by atoms with Gasteiger partial charge in [0.1, 0.15) is 5.56 Å². The fraction of sp³-hybridized carbons (Fsp3) is 0.115. The summed E-state index contributed by atoms with van der Waals surface area (Å²) in [4.78, 5) is 30.6. The molecule has 0 aliphatic heterocycles. The molecule has 2 heterocycles. The Labute approximate surface area is 191 Å². The van der Waals surface area contributed by atoms with E-state index in [0.29, 0.717) is 22.9 Å². The number of anilines is 1. The number of amides is 1. The number of nitrogens with one attached hydrogen (secondary N) is 1. The van der Waals surface area contributed by atoms with E-state index in [9.17, 15) is 9.59 Å². The highest BCUT2D eigenvalue weighted by molar-refractivity contribution is 6.34. The number of carbonyl (C=O) groups excluding carboxylic acids is 1. The molecule has 6 heteroatoms. The van der Waals surface area contributed by atoms with Crippen molar-refractivity contribution in [2.75, 3.05) is 5.32 Å². The maximum absolute atomic E-state index is 13.4. The Morgan fingerprint density at radius 1 is 1.00 bits per heavy atom. The second-order valence-corrected chi connectivity index (χ2v) is 8.03. The van der Waals surface area contributed by atoms with Crippen molar-refractivity contribution in [3.63, 3.8) is 0 Å². The Morgan fingerprint density at radius 3 is 2.47 bits per heavy atom. The second kappa shape index (κ2) is 9.20. The van der Waals surface area contributed by atoms with Gasteiger partial charge in [0.05, 0.1) is 16.4 Å². The number of para-hydroxylation sites is 1. The van der Waals surface area contributed by atoms with Crippen LogP contribution in [0.25, 0.3) is 11.3 Å². The lowest BCUT2D eigenvalue weighted by Gasteiger charge is -2.21. The normalized spacial score (nSPS) is 10.7. The average Bonchev–Trinajstić information content (AvgIpc) is 2.77. The molecule has 0 bridgehead atoms. The van der Waals surface area contributed by atoms with Crippen LogP contribution in [0.3, 0.4) is 0 Å². The molecule has 5 nitrogen and oxygen atoms in total. The van der Waals surface area contributed by atoms with Gasteiger partial charge in [0.2, 0.25) is 0 Å². The van der Waals surface area contributed by atoms with E-state index in [1.54, 1.807) is 36.7 Å². The highest BCUT2D eigenvalue weighted by Gasteiger charge is 2.22. The van der Waals surface area contributed by atoms with Gasteiger partial charge in [-0.15, -0.1) is 0 Å². The number of pyridine rings is 2. The minimum atomic E-state index is -0.497. The van der Waals surface area contributed by atoms with Crippen molar-refractivity contribution >= 4 is 23.2 Å². The van der Waals surface area contributed by atoms with Crippen molar-refractivity contribution in [3.8, 4) is 11.3 Å². The van der Waals surface area contributed by atoms with Crippen LogP contribution in [0.15, 0.2) is 83.9 Å². The van der Waals surface area contributed by atoms with Crippen LogP contribution in [0.5, 0.6) is 0 Å². The first-order valence-corrected chi connectivity index (χ1v) is 10.6. The summed E-state index contributed by atoms with van der Waals surface area (Å²) in [7, 11) is 0. The molecule has 4 aromatic rings. The van der Waals surface area contributed by atoms with E-state index in [0.717, 1.165) is 22.4 Å². The van der Waals surface area contributed by atoms with E-state index in [1.165, 1.54) is 6.07 Å². The van der Waals surface area contributed by atoms with Gasteiger partial charge < -0.3 is 9.88 Å². The summed E-state index contributed by atoms with van der Waals surface area (Å²) in [5, 5.41) is 3.21. The molecule has 160 valence electrons. The van der Waals surface area contributed by atoms with Crippen LogP contribution in [-0.4, -0.2) is 15.5 Å². The van der Waals surface area contributed by atoms with Gasteiger partial charge in [-0.05, 0) is 55.3 Å². The highest BCUT2D eigenvalue weighted by Crippen LogP contribution is 2.27. The van der Waals surface area contributed by atoms with Gasteiger partial charge in [0.15, 0.2) is 5.43 Å². The van der Waals surface area contributed by atoms with Crippen molar-refractivity contribution < 1.29 is 4.79 Å². The SMILES string of the molecule is Cc1cccc(-c2c(C(=O)Nc3ccccc3Cl)c(=O)cc(C)n2Cc2ccncc2)c1. The lowest BCUT2D eigenvalue weighted by molar-refractivity contribution is 0.102. The Bertz CT molecular complexity index is 1350. The van der Waals surface area contributed by atoms with E-state index >= 15 is 0 Å². The molecule has 4 rings (SSSR count). The van der Waals surface area contributed by atoms with E-state index < -0.39 is 5.91 Å². The monoisotopic (exact) mass is 443 g/mol. The minimum Gasteiger partial charge on any atom is -0.340 e. The van der Waals surface area contributed by atoms with Gasteiger partial charge in [0.25, 0.3) is 5.91 Å². The maximum atomic E-state index is 13.4. The first kappa shape index (κ1) is 21.5. The quantitative estimate of drug-likeness (QED) is 0.444. The number of benzene rings is 2. The number of halogens is 1. The van der Waals surface area contributed by atoms with Crippen LogP contribution in [-0.2, 0) is 6.54 Å². The largest absolute Gasteiger partial charge is 0.340 e. The van der Waals surface area contributed by atoms with Gasteiger partial charge in [-0.2, -0.15) is 0 Å². The first-order valence-electron chi connectivity index (χ1n) is 10.2. The lowest BCUT2D eigenvalue weighted by atomic mass is 10.0. The Kier molecular flexibility index (Phi) is 6.19. The Balaban J connectivity index is 1.92. The summed E-state index contributed by atoms with van der Waals surface area (Å²) in [5.41, 5.74) is 4.36. The summed E-state index contributed by atoms with van der Waals surface area (Å²) < 4.78 is 1.99. The van der Waals surface area contributed by atoms with Crippen LogP contribution >= 0.6 is 11.6 Å². The molecule has 0 radical (unpaired) electrons. The van der Waals surface area contributed by atoms with E-state index in [1.807, 2.05) is 54.8 Å². The number of hydrogen-bond acceptors (Lipinski definition) is 3. The smallest absolute Gasteiger partial charge is 0.261 e. The van der Waals surface area contributed by atoms with Crippen LogP contribution in [0.4, 0.5) is 5.69 Å². The number of nitrogens with zero attached hydrogens (tertiary/aromatic N) is 2. The summed E-state index contributed by atoms with van der Waals surface area (Å²) in [6, 6.07) is 20.1. The van der Waals surface area contributed by atoms with Crippen LogP contribution in [0, 0.1) is 13.8 Å². The van der Waals surface area contributed by atoms with E-state index in [4.69, 9.17) is 11.6 Å². The molecule has 1 amide bonds. The van der Waals surface area contributed by atoms with Crippen molar-refractivity contribution in [2.45, 2.75) is 20.4 Å². The molecule has 0 atom stereocenters. The number of aromatic nitrogens is 2. The first-order chi connectivity index (χ1) is 15.4. The number of carbonyl (C=O) groups is 1. The Morgan fingerprint density at radius 2 is 1.75 bits per heavy atom. The molecule has 0 fully saturated rings. The molecule has 0 aliphatic carbocycles.